The molecule has 0 saturated carbocycles. The van der Waals surface area contributed by atoms with E-state index in [1.54, 1.807) is 12.1 Å². The summed E-state index contributed by atoms with van der Waals surface area (Å²) in [7, 11) is 0. The molecule has 3 aromatic rings. The highest BCUT2D eigenvalue weighted by Crippen LogP contribution is 2.28. The molecule has 2 nitrogen and oxygen atoms in total. The zero-order chi connectivity index (χ0) is 15.0. The number of aromatic nitrogens is 2. The van der Waals surface area contributed by atoms with Gasteiger partial charge < -0.3 is 0 Å². The van der Waals surface area contributed by atoms with Crippen molar-refractivity contribution in [3.63, 3.8) is 0 Å². The second-order valence-corrected chi connectivity index (χ2v) is 5.60. The monoisotopic (exact) mass is 322 g/mol. The molecule has 5 heteroatoms. The summed E-state index contributed by atoms with van der Waals surface area (Å²) in [6, 6.07) is 10.8. The third kappa shape index (κ3) is 2.41. The first-order valence-corrected chi connectivity index (χ1v) is 7.52. The largest absolute Gasteiger partial charge is 0.293 e. The van der Waals surface area contributed by atoms with Crippen LogP contribution in [0.1, 0.15) is 11.4 Å². The lowest BCUT2D eigenvalue weighted by Gasteiger charge is -2.11. The summed E-state index contributed by atoms with van der Waals surface area (Å²) in [6.07, 6.45) is 0.557. The lowest BCUT2D eigenvalue weighted by Crippen LogP contribution is -2.05. The van der Waals surface area contributed by atoms with Crippen LogP contribution in [-0.4, -0.2) is 15.4 Å². The molecule has 1 heterocycles. The number of aryl methyl sites for hydroxylation is 2. The van der Waals surface area contributed by atoms with Crippen LogP contribution in [0.15, 0.2) is 36.4 Å². The molecular weight excluding hydrogens is 310 g/mol. The Bertz CT molecular complexity index is 811. The molecule has 0 aliphatic heterocycles. The first-order valence-electron chi connectivity index (χ1n) is 6.60. The highest BCUT2D eigenvalue weighted by Gasteiger charge is 2.17. The number of benzene rings is 2. The van der Waals surface area contributed by atoms with Gasteiger partial charge in [0.1, 0.15) is 5.82 Å². The molecule has 0 unspecified atom stereocenters. The fraction of sp³-hybridized carbons (Fsp3) is 0.188. The zero-order valence-electron chi connectivity index (χ0n) is 11.4. The predicted octanol–water partition coefficient (Wildman–Crippen LogP) is 4.91. The van der Waals surface area contributed by atoms with Crippen LogP contribution < -0.4 is 0 Å². The van der Waals surface area contributed by atoms with E-state index in [1.807, 2.05) is 29.7 Å². The average molecular weight is 323 g/mol. The molecule has 3 rings (SSSR count). The summed E-state index contributed by atoms with van der Waals surface area (Å²) in [5, 5.41) is 0.0970. The molecule has 2 aromatic carbocycles. The van der Waals surface area contributed by atoms with Crippen molar-refractivity contribution >= 4 is 34.2 Å². The number of para-hydroxylation sites is 1. The fourth-order valence-corrected chi connectivity index (χ4v) is 2.86. The van der Waals surface area contributed by atoms with Gasteiger partial charge >= 0.3 is 0 Å². The van der Waals surface area contributed by atoms with Crippen LogP contribution in [-0.2, 0) is 6.42 Å². The van der Waals surface area contributed by atoms with E-state index in [9.17, 15) is 4.39 Å². The Balaban J connectivity index is 2.39. The van der Waals surface area contributed by atoms with Crippen molar-refractivity contribution in [2.45, 2.75) is 13.3 Å². The van der Waals surface area contributed by atoms with Gasteiger partial charge in [-0.15, -0.1) is 11.6 Å². The Labute approximate surface area is 132 Å². The first-order chi connectivity index (χ1) is 10.1. The van der Waals surface area contributed by atoms with Gasteiger partial charge in [0.25, 0.3) is 0 Å². The van der Waals surface area contributed by atoms with E-state index in [2.05, 4.69) is 4.98 Å². The van der Waals surface area contributed by atoms with Crippen LogP contribution in [0.5, 0.6) is 0 Å². The molecule has 0 N–H and O–H groups in total. The second kappa shape index (κ2) is 5.66. The third-order valence-corrected chi connectivity index (χ3v) is 3.92. The van der Waals surface area contributed by atoms with Crippen LogP contribution in [0.4, 0.5) is 4.39 Å². The SMILES string of the molecule is Cc1cccc2nc(CCCl)n(-c3cccc(Cl)c3F)c12. The van der Waals surface area contributed by atoms with Crippen molar-refractivity contribution in [1.29, 1.82) is 0 Å². The van der Waals surface area contributed by atoms with E-state index in [1.165, 1.54) is 6.07 Å². The van der Waals surface area contributed by atoms with Gasteiger partial charge in [-0.1, -0.05) is 29.8 Å². The van der Waals surface area contributed by atoms with Crippen molar-refractivity contribution in [3.05, 3.63) is 58.6 Å². The van der Waals surface area contributed by atoms with Gasteiger partial charge in [-0.05, 0) is 30.7 Å². The molecule has 0 bridgehead atoms. The van der Waals surface area contributed by atoms with E-state index in [0.29, 0.717) is 18.0 Å². The lowest BCUT2D eigenvalue weighted by atomic mass is 10.2. The molecule has 0 fully saturated rings. The Morgan fingerprint density at radius 1 is 1.19 bits per heavy atom. The standard InChI is InChI=1S/C16H13Cl2FN2/c1-10-4-2-6-12-16(10)21(14(20-12)8-9-17)13-7-3-5-11(18)15(13)19/h2-7H,8-9H2,1H3. The summed E-state index contributed by atoms with van der Waals surface area (Å²) in [5.74, 6) is 0.706. The van der Waals surface area contributed by atoms with Crippen LogP contribution >= 0.6 is 23.2 Å². The lowest BCUT2D eigenvalue weighted by molar-refractivity contribution is 0.617. The van der Waals surface area contributed by atoms with Gasteiger partial charge in [0, 0.05) is 12.3 Å². The van der Waals surface area contributed by atoms with Crippen molar-refractivity contribution in [2.24, 2.45) is 0 Å². The van der Waals surface area contributed by atoms with Crippen molar-refractivity contribution < 1.29 is 4.39 Å². The van der Waals surface area contributed by atoms with Gasteiger partial charge in [-0.2, -0.15) is 0 Å². The van der Waals surface area contributed by atoms with Gasteiger partial charge in [0.2, 0.25) is 0 Å². The molecule has 0 aliphatic rings. The van der Waals surface area contributed by atoms with Crippen molar-refractivity contribution in [3.8, 4) is 5.69 Å². The molecular formula is C16H13Cl2FN2. The molecule has 0 saturated heterocycles. The molecule has 1 aromatic heterocycles. The Morgan fingerprint density at radius 3 is 2.71 bits per heavy atom. The van der Waals surface area contributed by atoms with E-state index in [-0.39, 0.29) is 5.02 Å². The number of imidazole rings is 1. The minimum absolute atomic E-state index is 0.0970. The number of nitrogens with zero attached hydrogens (tertiary/aromatic N) is 2. The summed E-state index contributed by atoms with van der Waals surface area (Å²) in [5.41, 5.74) is 3.15. The van der Waals surface area contributed by atoms with E-state index in [4.69, 9.17) is 23.2 Å². The van der Waals surface area contributed by atoms with Crippen LogP contribution in [0, 0.1) is 12.7 Å². The summed E-state index contributed by atoms with van der Waals surface area (Å²) >= 11 is 11.8. The summed E-state index contributed by atoms with van der Waals surface area (Å²) in [6.45, 7) is 1.98. The van der Waals surface area contributed by atoms with Gasteiger partial charge in [0.05, 0.1) is 21.7 Å². The Morgan fingerprint density at radius 2 is 1.95 bits per heavy atom. The minimum Gasteiger partial charge on any atom is -0.293 e. The van der Waals surface area contributed by atoms with Gasteiger partial charge in [0.15, 0.2) is 5.82 Å². The van der Waals surface area contributed by atoms with E-state index < -0.39 is 5.82 Å². The predicted molar refractivity (Wildman–Crippen MR) is 85.2 cm³/mol. The number of fused-ring (bicyclic) bond motifs is 1. The van der Waals surface area contributed by atoms with Crippen LogP contribution in [0.25, 0.3) is 16.7 Å². The van der Waals surface area contributed by atoms with E-state index in [0.717, 1.165) is 22.4 Å². The maximum Gasteiger partial charge on any atom is 0.165 e. The number of hydrogen-bond donors (Lipinski definition) is 0. The third-order valence-electron chi connectivity index (χ3n) is 3.44. The quantitative estimate of drug-likeness (QED) is 0.626. The van der Waals surface area contributed by atoms with Gasteiger partial charge in [-0.25, -0.2) is 9.37 Å². The Hall–Kier alpha value is -1.58. The molecule has 108 valence electrons. The average Bonchev–Trinajstić information content (AvgIpc) is 2.82. The highest BCUT2D eigenvalue weighted by atomic mass is 35.5. The number of halogens is 3. The fourth-order valence-electron chi connectivity index (χ4n) is 2.52. The summed E-state index contributed by atoms with van der Waals surface area (Å²) in [4.78, 5) is 4.58. The maximum atomic E-state index is 14.4. The zero-order valence-corrected chi connectivity index (χ0v) is 12.9. The highest BCUT2D eigenvalue weighted by molar-refractivity contribution is 6.30. The van der Waals surface area contributed by atoms with Crippen molar-refractivity contribution in [1.82, 2.24) is 9.55 Å². The molecule has 0 radical (unpaired) electrons. The normalized spacial score (nSPS) is 11.2. The smallest absolute Gasteiger partial charge is 0.165 e. The first kappa shape index (κ1) is 14.4. The number of hydrogen-bond acceptors (Lipinski definition) is 1. The van der Waals surface area contributed by atoms with Crippen LogP contribution in [0.3, 0.4) is 0 Å². The minimum atomic E-state index is -0.447. The maximum absolute atomic E-state index is 14.4. The molecule has 21 heavy (non-hydrogen) atoms. The number of alkyl halides is 1. The van der Waals surface area contributed by atoms with Gasteiger partial charge in [-0.3, -0.25) is 4.57 Å². The van der Waals surface area contributed by atoms with Crippen molar-refractivity contribution in [2.75, 3.05) is 5.88 Å². The van der Waals surface area contributed by atoms with E-state index >= 15 is 0 Å². The molecule has 0 aliphatic carbocycles. The molecule has 0 amide bonds. The number of rotatable bonds is 3. The second-order valence-electron chi connectivity index (χ2n) is 4.82. The molecule has 0 spiro atoms. The topological polar surface area (TPSA) is 17.8 Å². The Kier molecular flexibility index (Phi) is 3.87. The van der Waals surface area contributed by atoms with Crippen LogP contribution in [0.2, 0.25) is 5.02 Å². The summed E-state index contributed by atoms with van der Waals surface area (Å²) < 4.78 is 16.2. The molecule has 0 atom stereocenters.